The summed E-state index contributed by atoms with van der Waals surface area (Å²) in [7, 11) is 4.06. The normalized spacial score (nSPS) is 16.7. The van der Waals surface area contributed by atoms with Crippen molar-refractivity contribution in [3.63, 3.8) is 0 Å². The molecule has 1 saturated heterocycles. The number of nitrogens with one attached hydrogen (secondary N) is 1. The van der Waals surface area contributed by atoms with Crippen LogP contribution in [0.2, 0.25) is 0 Å². The van der Waals surface area contributed by atoms with Crippen molar-refractivity contribution in [2.45, 2.75) is 19.4 Å². The fourth-order valence-corrected chi connectivity index (χ4v) is 3.62. The van der Waals surface area contributed by atoms with Crippen LogP contribution in [-0.4, -0.2) is 48.7 Å². The van der Waals surface area contributed by atoms with E-state index in [4.69, 9.17) is 4.74 Å². The van der Waals surface area contributed by atoms with E-state index < -0.39 is 0 Å². The lowest BCUT2D eigenvalue weighted by molar-refractivity contribution is 0.0547. The summed E-state index contributed by atoms with van der Waals surface area (Å²) in [5.74, 6) is 2.55. The van der Waals surface area contributed by atoms with E-state index in [1.54, 1.807) is 11.3 Å². The molecule has 1 N–H and O–H groups in total. The van der Waals surface area contributed by atoms with Crippen LogP contribution in [0.5, 0.6) is 0 Å². The molecule has 0 saturated carbocycles. The highest BCUT2D eigenvalue weighted by molar-refractivity contribution is 7.16. The third-order valence-electron chi connectivity index (χ3n) is 3.93. The lowest BCUT2D eigenvalue weighted by Gasteiger charge is -2.26. The maximum atomic E-state index is 5.42. The number of fused-ring (bicyclic) bond motifs is 1. The largest absolute Gasteiger partial charge is 0.381 e. The smallest absolute Gasteiger partial charge is 0.146 e. The Labute approximate surface area is 129 Å². The van der Waals surface area contributed by atoms with Gasteiger partial charge in [0.1, 0.15) is 16.5 Å². The van der Waals surface area contributed by atoms with E-state index in [2.05, 4.69) is 38.7 Å². The van der Waals surface area contributed by atoms with Crippen LogP contribution in [0, 0.1) is 5.92 Å². The number of nitrogens with zero attached hydrogens (tertiary/aromatic N) is 3. The summed E-state index contributed by atoms with van der Waals surface area (Å²) in [5, 5.41) is 6.35. The van der Waals surface area contributed by atoms with Gasteiger partial charge in [0.15, 0.2) is 0 Å². The molecule has 0 radical (unpaired) electrons. The SMILES string of the molecule is CNc1nc(CN(C)CC2CCOCC2)nc2sccc12. The van der Waals surface area contributed by atoms with Crippen LogP contribution in [0.4, 0.5) is 5.82 Å². The van der Waals surface area contributed by atoms with Gasteiger partial charge < -0.3 is 10.1 Å². The van der Waals surface area contributed by atoms with Gasteiger partial charge in [-0.15, -0.1) is 11.3 Å². The van der Waals surface area contributed by atoms with E-state index in [0.29, 0.717) is 0 Å². The minimum absolute atomic E-state index is 0.734. The van der Waals surface area contributed by atoms with Crippen LogP contribution in [0.3, 0.4) is 0 Å². The molecule has 0 aromatic carbocycles. The first-order chi connectivity index (χ1) is 10.3. The van der Waals surface area contributed by atoms with Gasteiger partial charge in [-0.1, -0.05) is 0 Å². The number of rotatable bonds is 5. The summed E-state index contributed by atoms with van der Waals surface area (Å²) < 4.78 is 5.42. The summed E-state index contributed by atoms with van der Waals surface area (Å²) in [6, 6.07) is 2.07. The molecule has 5 nitrogen and oxygen atoms in total. The predicted octanol–water partition coefficient (Wildman–Crippen LogP) is 2.59. The first kappa shape index (κ1) is 14.7. The van der Waals surface area contributed by atoms with Gasteiger partial charge >= 0.3 is 0 Å². The monoisotopic (exact) mass is 306 g/mol. The third-order valence-corrected chi connectivity index (χ3v) is 4.74. The zero-order chi connectivity index (χ0) is 14.7. The second-order valence-corrected chi connectivity index (χ2v) is 6.52. The molecule has 0 bridgehead atoms. The number of aromatic nitrogens is 2. The van der Waals surface area contributed by atoms with E-state index in [1.165, 1.54) is 0 Å². The Morgan fingerprint density at radius 2 is 2.19 bits per heavy atom. The van der Waals surface area contributed by atoms with Crippen LogP contribution >= 0.6 is 11.3 Å². The van der Waals surface area contributed by atoms with Crippen molar-refractivity contribution >= 4 is 27.4 Å². The number of hydrogen-bond donors (Lipinski definition) is 1. The fourth-order valence-electron chi connectivity index (χ4n) is 2.84. The standard InChI is InChI=1S/C15H22N4OS/c1-16-14-12-5-8-21-15(12)18-13(17-14)10-19(2)9-11-3-6-20-7-4-11/h5,8,11H,3-4,6-7,9-10H2,1-2H3,(H,16,17,18). The van der Waals surface area contributed by atoms with Gasteiger partial charge in [-0.05, 0) is 37.3 Å². The third kappa shape index (κ3) is 3.51. The molecule has 0 spiro atoms. The summed E-state index contributed by atoms with van der Waals surface area (Å²) in [6.07, 6.45) is 2.33. The van der Waals surface area contributed by atoms with Gasteiger partial charge in [0, 0.05) is 26.8 Å². The Balaban J connectivity index is 1.68. The lowest BCUT2D eigenvalue weighted by atomic mass is 10.00. The molecule has 6 heteroatoms. The molecular weight excluding hydrogens is 284 g/mol. The summed E-state index contributed by atoms with van der Waals surface area (Å²) in [5.41, 5.74) is 0. The van der Waals surface area contributed by atoms with Crippen molar-refractivity contribution in [3.05, 3.63) is 17.3 Å². The van der Waals surface area contributed by atoms with E-state index >= 15 is 0 Å². The van der Waals surface area contributed by atoms with Crippen molar-refractivity contribution in [1.29, 1.82) is 0 Å². The van der Waals surface area contributed by atoms with Crippen LogP contribution in [0.25, 0.3) is 10.2 Å². The molecule has 0 atom stereocenters. The van der Waals surface area contributed by atoms with Crippen LogP contribution < -0.4 is 5.32 Å². The second kappa shape index (κ2) is 6.68. The van der Waals surface area contributed by atoms with Gasteiger partial charge in [-0.3, -0.25) is 4.90 Å². The summed E-state index contributed by atoms with van der Waals surface area (Å²) >= 11 is 1.67. The predicted molar refractivity (Wildman–Crippen MR) is 86.8 cm³/mol. The molecule has 0 unspecified atom stereocenters. The van der Waals surface area contributed by atoms with Crippen molar-refractivity contribution < 1.29 is 4.74 Å². The first-order valence-electron chi connectivity index (χ1n) is 7.44. The van der Waals surface area contributed by atoms with E-state index in [0.717, 1.165) is 66.9 Å². The molecule has 1 aliphatic heterocycles. The summed E-state index contributed by atoms with van der Waals surface area (Å²) in [4.78, 5) is 12.7. The molecular formula is C15H22N4OS. The van der Waals surface area contributed by atoms with Crippen molar-refractivity contribution in [2.24, 2.45) is 5.92 Å². The van der Waals surface area contributed by atoms with E-state index in [9.17, 15) is 0 Å². The van der Waals surface area contributed by atoms with E-state index in [1.807, 2.05) is 7.05 Å². The zero-order valence-corrected chi connectivity index (χ0v) is 13.4. The Bertz CT molecular complexity index is 594. The van der Waals surface area contributed by atoms with Crippen LogP contribution in [0.1, 0.15) is 18.7 Å². The van der Waals surface area contributed by atoms with Gasteiger partial charge in [0.25, 0.3) is 0 Å². The number of anilines is 1. The first-order valence-corrected chi connectivity index (χ1v) is 8.32. The average molecular weight is 306 g/mol. The van der Waals surface area contributed by atoms with Gasteiger partial charge in [0.05, 0.1) is 11.9 Å². The Morgan fingerprint density at radius 3 is 2.95 bits per heavy atom. The van der Waals surface area contributed by atoms with Gasteiger partial charge in [-0.2, -0.15) is 0 Å². The molecule has 3 rings (SSSR count). The zero-order valence-electron chi connectivity index (χ0n) is 12.6. The second-order valence-electron chi connectivity index (χ2n) is 5.63. The fraction of sp³-hybridized carbons (Fsp3) is 0.600. The van der Waals surface area contributed by atoms with E-state index in [-0.39, 0.29) is 0 Å². The maximum absolute atomic E-state index is 5.42. The molecule has 1 aliphatic rings. The number of ether oxygens (including phenoxy) is 1. The molecule has 0 aliphatic carbocycles. The Morgan fingerprint density at radius 1 is 1.38 bits per heavy atom. The van der Waals surface area contributed by atoms with Crippen LogP contribution in [-0.2, 0) is 11.3 Å². The molecule has 2 aromatic heterocycles. The van der Waals surface area contributed by atoms with Crippen molar-refractivity contribution in [2.75, 3.05) is 39.2 Å². The van der Waals surface area contributed by atoms with Crippen molar-refractivity contribution in [3.8, 4) is 0 Å². The topological polar surface area (TPSA) is 50.3 Å². The minimum Gasteiger partial charge on any atom is -0.381 e. The maximum Gasteiger partial charge on any atom is 0.146 e. The highest BCUT2D eigenvalue weighted by Crippen LogP contribution is 2.25. The Kier molecular flexibility index (Phi) is 4.67. The molecule has 1 fully saturated rings. The highest BCUT2D eigenvalue weighted by atomic mass is 32.1. The Hall–Kier alpha value is -1.24. The minimum atomic E-state index is 0.734. The average Bonchev–Trinajstić information content (AvgIpc) is 2.95. The van der Waals surface area contributed by atoms with Crippen LogP contribution in [0.15, 0.2) is 11.4 Å². The lowest BCUT2D eigenvalue weighted by Crippen LogP contribution is -2.29. The summed E-state index contributed by atoms with van der Waals surface area (Å²) in [6.45, 7) is 3.68. The highest BCUT2D eigenvalue weighted by Gasteiger charge is 2.17. The van der Waals surface area contributed by atoms with Crippen molar-refractivity contribution in [1.82, 2.24) is 14.9 Å². The van der Waals surface area contributed by atoms with Gasteiger partial charge in [-0.25, -0.2) is 9.97 Å². The molecule has 3 heterocycles. The molecule has 2 aromatic rings. The number of thiophene rings is 1. The molecule has 114 valence electrons. The van der Waals surface area contributed by atoms with Gasteiger partial charge in [0.2, 0.25) is 0 Å². The number of hydrogen-bond acceptors (Lipinski definition) is 6. The quantitative estimate of drug-likeness (QED) is 0.920. The molecule has 0 amide bonds. The molecule has 21 heavy (non-hydrogen) atoms.